The van der Waals surface area contributed by atoms with E-state index in [1.165, 1.54) is 89.9 Å². The molecular formula is C67H110O6. The van der Waals surface area contributed by atoms with Crippen LogP contribution >= 0.6 is 0 Å². The Balaban J connectivity index is 4.52. The first-order valence-electron chi connectivity index (χ1n) is 30.0. The van der Waals surface area contributed by atoms with E-state index in [4.69, 9.17) is 14.2 Å². The van der Waals surface area contributed by atoms with Gasteiger partial charge in [-0.05, 0) is 109 Å². The number of hydrogen-bond donors (Lipinski definition) is 0. The lowest BCUT2D eigenvalue weighted by atomic mass is 10.0. The van der Waals surface area contributed by atoms with Gasteiger partial charge in [-0.15, -0.1) is 0 Å². The van der Waals surface area contributed by atoms with Crippen LogP contribution in [0.2, 0.25) is 0 Å². The molecule has 0 aromatic carbocycles. The topological polar surface area (TPSA) is 78.9 Å². The number of esters is 3. The second-order valence-electron chi connectivity index (χ2n) is 19.5. The first-order chi connectivity index (χ1) is 36.0. The fraction of sp³-hybridized carbons (Fsp3) is 0.657. The van der Waals surface area contributed by atoms with Gasteiger partial charge in [0.1, 0.15) is 13.2 Å². The summed E-state index contributed by atoms with van der Waals surface area (Å²) in [5.41, 5.74) is 0. The van der Waals surface area contributed by atoms with Crippen LogP contribution in [0.3, 0.4) is 0 Å². The summed E-state index contributed by atoms with van der Waals surface area (Å²) in [5.74, 6) is -0.966. The van der Waals surface area contributed by atoms with Gasteiger partial charge in [-0.1, -0.05) is 258 Å². The summed E-state index contributed by atoms with van der Waals surface area (Å²) in [6.07, 6.45) is 83.3. The highest BCUT2D eigenvalue weighted by Crippen LogP contribution is 2.15. The normalized spacial score (nSPS) is 13.0. The van der Waals surface area contributed by atoms with E-state index in [-0.39, 0.29) is 37.5 Å². The zero-order valence-corrected chi connectivity index (χ0v) is 47.4. The van der Waals surface area contributed by atoms with E-state index in [1.54, 1.807) is 0 Å². The van der Waals surface area contributed by atoms with Crippen molar-refractivity contribution in [2.75, 3.05) is 13.2 Å². The third-order valence-corrected chi connectivity index (χ3v) is 12.5. The number of rotatable bonds is 53. The summed E-state index contributed by atoms with van der Waals surface area (Å²) < 4.78 is 16.9. The van der Waals surface area contributed by atoms with Crippen molar-refractivity contribution in [1.29, 1.82) is 0 Å². The molecule has 0 heterocycles. The van der Waals surface area contributed by atoms with Crippen LogP contribution in [0.25, 0.3) is 0 Å². The van der Waals surface area contributed by atoms with E-state index in [9.17, 15) is 14.4 Å². The van der Waals surface area contributed by atoms with Gasteiger partial charge in [0.15, 0.2) is 6.10 Å². The van der Waals surface area contributed by atoms with Gasteiger partial charge in [-0.3, -0.25) is 14.4 Å². The molecule has 0 saturated heterocycles. The molecule has 414 valence electrons. The summed E-state index contributed by atoms with van der Waals surface area (Å²) >= 11 is 0. The Hall–Kier alpha value is -4.19. The Labute approximate surface area is 450 Å². The predicted octanol–water partition coefficient (Wildman–Crippen LogP) is 20.4. The maximum absolute atomic E-state index is 12.9. The molecule has 0 aliphatic heterocycles. The zero-order valence-electron chi connectivity index (χ0n) is 47.4. The molecule has 0 aromatic heterocycles. The van der Waals surface area contributed by atoms with Gasteiger partial charge in [0.05, 0.1) is 0 Å². The highest BCUT2D eigenvalue weighted by molar-refractivity contribution is 5.71. The van der Waals surface area contributed by atoms with E-state index in [2.05, 4.69) is 142 Å². The van der Waals surface area contributed by atoms with Crippen LogP contribution < -0.4 is 0 Å². The van der Waals surface area contributed by atoms with Crippen LogP contribution in [0.1, 0.15) is 265 Å². The average Bonchev–Trinajstić information content (AvgIpc) is 3.39. The quantitative estimate of drug-likeness (QED) is 0.0261. The van der Waals surface area contributed by atoms with Gasteiger partial charge in [0, 0.05) is 19.3 Å². The van der Waals surface area contributed by atoms with Crippen molar-refractivity contribution in [3.8, 4) is 0 Å². The van der Waals surface area contributed by atoms with Gasteiger partial charge >= 0.3 is 17.9 Å². The fourth-order valence-electron chi connectivity index (χ4n) is 8.03. The van der Waals surface area contributed by atoms with Gasteiger partial charge < -0.3 is 14.2 Å². The third-order valence-electron chi connectivity index (χ3n) is 12.5. The van der Waals surface area contributed by atoms with Gasteiger partial charge in [0.2, 0.25) is 0 Å². The minimum atomic E-state index is -0.812. The van der Waals surface area contributed by atoms with Crippen LogP contribution in [-0.2, 0) is 28.6 Å². The van der Waals surface area contributed by atoms with E-state index >= 15 is 0 Å². The highest BCUT2D eigenvalue weighted by atomic mass is 16.6. The van der Waals surface area contributed by atoms with E-state index in [0.717, 1.165) is 135 Å². The van der Waals surface area contributed by atoms with E-state index in [1.807, 2.05) is 0 Å². The molecule has 0 aromatic rings. The molecular weight excluding hydrogens is 901 g/mol. The fourth-order valence-corrected chi connectivity index (χ4v) is 8.03. The van der Waals surface area contributed by atoms with Crippen molar-refractivity contribution in [3.05, 3.63) is 122 Å². The Morgan fingerprint density at radius 1 is 0.288 bits per heavy atom. The van der Waals surface area contributed by atoms with Gasteiger partial charge in [-0.25, -0.2) is 0 Å². The first kappa shape index (κ1) is 68.8. The summed E-state index contributed by atoms with van der Waals surface area (Å²) in [7, 11) is 0. The molecule has 6 heteroatoms. The molecule has 0 fully saturated rings. The lowest BCUT2D eigenvalue weighted by Gasteiger charge is -2.18. The summed E-state index contributed by atoms with van der Waals surface area (Å²) in [6, 6.07) is 0. The van der Waals surface area contributed by atoms with E-state index in [0.29, 0.717) is 12.8 Å². The monoisotopic (exact) mass is 1010 g/mol. The number of carbonyl (C=O) groups is 3. The number of allylic oxidation sites excluding steroid dienone is 20. The molecule has 1 atom stereocenters. The molecule has 0 bridgehead atoms. The predicted molar refractivity (Wildman–Crippen MR) is 316 cm³/mol. The molecule has 0 N–H and O–H groups in total. The van der Waals surface area contributed by atoms with Crippen molar-refractivity contribution in [2.24, 2.45) is 0 Å². The second kappa shape index (κ2) is 60.4. The zero-order chi connectivity index (χ0) is 52.9. The van der Waals surface area contributed by atoms with Crippen molar-refractivity contribution < 1.29 is 28.6 Å². The molecule has 0 radical (unpaired) electrons. The molecule has 0 aliphatic rings. The third kappa shape index (κ3) is 58.6. The maximum Gasteiger partial charge on any atom is 0.306 e. The molecule has 0 saturated carbocycles. The largest absolute Gasteiger partial charge is 0.462 e. The van der Waals surface area contributed by atoms with Crippen LogP contribution in [0.5, 0.6) is 0 Å². The summed E-state index contributed by atoms with van der Waals surface area (Å²) in [4.78, 5) is 38.3. The number of hydrogen-bond acceptors (Lipinski definition) is 6. The summed E-state index contributed by atoms with van der Waals surface area (Å²) in [6.45, 7) is 6.37. The van der Waals surface area contributed by atoms with Crippen molar-refractivity contribution >= 4 is 17.9 Å². The molecule has 0 spiro atoms. The molecule has 73 heavy (non-hydrogen) atoms. The minimum Gasteiger partial charge on any atom is -0.462 e. The van der Waals surface area contributed by atoms with Crippen LogP contribution in [0, 0.1) is 0 Å². The first-order valence-corrected chi connectivity index (χ1v) is 30.0. The molecule has 0 amide bonds. The van der Waals surface area contributed by atoms with Crippen molar-refractivity contribution in [3.63, 3.8) is 0 Å². The molecule has 0 unspecified atom stereocenters. The van der Waals surface area contributed by atoms with Gasteiger partial charge in [-0.2, -0.15) is 0 Å². The Bertz CT molecular complexity index is 1540. The van der Waals surface area contributed by atoms with Crippen molar-refractivity contribution in [1.82, 2.24) is 0 Å². The summed E-state index contributed by atoms with van der Waals surface area (Å²) in [5, 5.41) is 0. The molecule has 6 nitrogen and oxygen atoms in total. The highest BCUT2D eigenvalue weighted by Gasteiger charge is 2.19. The second-order valence-corrected chi connectivity index (χ2v) is 19.5. The Kier molecular flexibility index (Phi) is 56.9. The molecule has 0 rings (SSSR count). The lowest BCUT2D eigenvalue weighted by molar-refractivity contribution is -0.167. The van der Waals surface area contributed by atoms with Crippen molar-refractivity contribution in [2.45, 2.75) is 271 Å². The standard InChI is InChI=1S/C67H110O6/c1-4-7-10-13-16-19-22-25-28-31-33-36-39-42-45-48-51-54-57-60-66(69)72-63-64(62-71-65(68)59-56-53-50-47-44-41-38-35-30-27-24-21-18-15-12-9-6-3)73-67(70)61-58-55-52-49-46-43-40-37-34-32-29-26-23-20-17-14-11-8-5-2/h7-8,10-11,16-17,19-20,25-26,28-29,33-34,36-37,42-43,45-46,64H,4-6,9,12-15,18,21-24,27,30-32,35,38-41,44,47-63H2,1-3H3/b10-7-,11-8-,19-16-,20-17-,28-25-,29-26-,36-33-,37-34-,45-42-,46-43-/t64-/m1/s1. The minimum absolute atomic E-state index is 0.103. The SMILES string of the molecule is CC/C=C\C/C=C\C/C=C\C/C=C\C/C=C\CCCCCC(=O)OC[C@@H](COC(=O)CCCCCCCCCCCCCCCCCCC)OC(=O)CCCCC/C=C\C/C=C\C/C=C\C/C=C\C/C=C\CC. The van der Waals surface area contributed by atoms with Gasteiger partial charge in [0.25, 0.3) is 0 Å². The number of unbranched alkanes of at least 4 members (excludes halogenated alkanes) is 22. The number of ether oxygens (including phenoxy) is 3. The van der Waals surface area contributed by atoms with Crippen LogP contribution in [0.15, 0.2) is 122 Å². The average molecular weight is 1010 g/mol. The maximum atomic E-state index is 12.9. The molecule has 0 aliphatic carbocycles. The Morgan fingerprint density at radius 2 is 0.534 bits per heavy atom. The lowest BCUT2D eigenvalue weighted by Crippen LogP contribution is -2.30. The van der Waals surface area contributed by atoms with Crippen LogP contribution in [-0.4, -0.2) is 37.2 Å². The Morgan fingerprint density at radius 3 is 0.836 bits per heavy atom. The smallest absolute Gasteiger partial charge is 0.306 e. The number of carbonyl (C=O) groups excluding carboxylic acids is 3. The van der Waals surface area contributed by atoms with Crippen LogP contribution in [0.4, 0.5) is 0 Å². The van der Waals surface area contributed by atoms with E-state index < -0.39 is 6.10 Å².